The van der Waals surface area contributed by atoms with E-state index in [1.807, 2.05) is 0 Å². The maximum atomic E-state index is 5.19. The molecular formula is C46H32N2. The molecule has 2 nitrogen and oxygen atoms in total. The first-order valence-corrected chi connectivity index (χ1v) is 16.5. The van der Waals surface area contributed by atoms with Gasteiger partial charge in [0, 0.05) is 32.7 Å². The first-order valence-electron chi connectivity index (χ1n) is 16.5. The maximum absolute atomic E-state index is 5.19. The number of aryl methyl sites for hydroxylation is 2. The molecule has 0 amide bonds. The number of benzene rings is 7. The third-order valence-corrected chi connectivity index (χ3v) is 9.51. The van der Waals surface area contributed by atoms with Crippen molar-refractivity contribution in [3.8, 4) is 44.8 Å². The van der Waals surface area contributed by atoms with E-state index >= 15 is 0 Å². The molecule has 0 aliphatic rings. The predicted molar refractivity (Wildman–Crippen MR) is 203 cm³/mol. The van der Waals surface area contributed by atoms with E-state index in [0.717, 1.165) is 44.3 Å². The Labute approximate surface area is 280 Å². The van der Waals surface area contributed by atoms with Crippen molar-refractivity contribution in [3.05, 3.63) is 169 Å². The normalized spacial score (nSPS) is 11.5. The second-order valence-corrected chi connectivity index (χ2v) is 12.9. The van der Waals surface area contributed by atoms with Gasteiger partial charge in [-0.05, 0) is 89.3 Å². The molecule has 7 aromatic carbocycles. The van der Waals surface area contributed by atoms with Crippen LogP contribution in [0.25, 0.3) is 88.1 Å². The zero-order valence-corrected chi connectivity index (χ0v) is 26.9. The molecule has 0 N–H and O–H groups in total. The van der Waals surface area contributed by atoms with Crippen LogP contribution in [0.4, 0.5) is 0 Å². The van der Waals surface area contributed by atoms with E-state index in [9.17, 15) is 0 Å². The van der Waals surface area contributed by atoms with E-state index in [-0.39, 0.29) is 0 Å². The van der Waals surface area contributed by atoms with Gasteiger partial charge in [0.1, 0.15) is 0 Å². The van der Waals surface area contributed by atoms with Crippen LogP contribution >= 0.6 is 0 Å². The maximum Gasteiger partial charge on any atom is 0.0787 e. The van der Waals surface area contributed by atoms with Gasteiger partial charge in [-0.2, -0.15) is 0 Å². The lowest BCUT2D eigenvalue weighted by Crippen LogP contribution is -1.89. The molecule has 0 spiro atoms. The monoisotopic (exact) mass is 612 g/mol. The van der Waals surface area contributed by atoms with Crippen LogP contribution in [0, 0.1) is 13.8 Å². The quantitative estimate of drug-likeness (QED) is 0.185. The summed E-state index contributed by atoms with van der Waals surface area (Å²) in [6, 6.07) is 56.8. The van der Waals surface area contributed by atoms with E-state index in [1.54, 1.807) is 0 Å². The lowest BCUT2D eigenvalue weighted by molar-refractivity contribution is 1.40. The SMILES string of the molecule is Cc1ccc2ccc3ccc(-c4cccc(-c5cccc(-c6cccc(-c7ccc8ccc9ccc(C)cc9c8n7)c6)c5)c4)nc3c2c1. The molecule has 2 heterocycles. The van der Waals surface area contributed by atoms with E-state index < -0.39 is 0 Å². The minimum Gasteiger partial charge on any atom is -0.247 e. The zero-order valence-electron chi connectivity index (χ0n) is 26.9. The van der Waals surface area contributed by atoms with Gasteiger partial charge in [-0.3, -0.25) is 0 Å². The molecule has 0 atom stereocenters. The molecule has 0 saturated heterocycles. The molecule has 0 aliphatic heterocycles. The largest absolute Gasteiger partial charge is 0.247 e. The highest BCUT2D eigenvalue weighted by molar-refractivity contribution is 6.07. The third-order valence-electron chi connectivity index (χ3n) is 9.51. The highest BCUT2D eigenvalue weighted by Gasteiger charge is 2.10. The van der Waals surface area contributed by atoms with Crippen LogP contribution in [0.5, 0.6) is 0 Å². The van der Waals surface area contributed by atoms with Crippen molar-refractivity contribution in [2.75, 3.05) is 0 Å². The number of pyridine rings is 2. The van der Waals surface area contributed by atoms with Crippen molar-refractivity contribution in [1.29, 1.82) is 0 Å². The summed E-state index contributed by atoms with van der Waals surface area (Å²) in [4.78, 5) is 10.4. The Balaban J connectivity index is 1.07. The zero-order chi connectivity index (χ0) is 32.2. The van der Waals surface area contributed by atoms with Gasteiger partial charge in [-0.25, -0.2) is 9.97 Å². The molecule has 2 heteroatoms. The Morgan fingerprint density at radius 1 is 0.312 bits per heavy atom. The molecule has 2 aromatic heterocycles. The Hall–Kier alpha value is -6.12. The smallest absolute Gasteiger partial charge is 0.0787 e. The molecular weight excluding hydrogens is 581 g/mol. The van der Waals surface area contributed by atoms with E-state index in [1.165, 1.54) is 54.9 Å². The van der Waals surface area contributed by atoms with Crippen LogP contribution < -0.4 is 0 Å². The van der Waals surface area contributed by atoms with Gasteiger partial charge >= 0.3 is 0 Å². The molecule has 0 bridgehead atoms. The molecule has 226 valence electrons. The molecule has 9 rings (SSSR count). The highest BCUT2D eigenvalue weighted by Crippen LogP contribution is 2.34. The van der Waals surface area contributed by atoms with Crippen molar-refractivity contribution < 1.29 is 0 Å². The molecule has 0 radical (unpaired) electrons. The summed E-state index contributed by atoms with van der Waals surface area (Å²) in [6.45, 7) is 4.27. The number of fused-ring (bicyclic) bond motifs is 6. The Morgan fingerprint density at radius 2 is 0.646 bits per heavy atom. The van der Waals surface area contributed by atoms with Gasteiger partial charge in [0.05, 0.1) is 22.4 Å². The summed E-state index contributed by atoms with van der Waals surface area (Å²) in [6.07, 6.45) is 0. The summed E-state index contributed by atoms with van der Waals surface area (Å²) in [5, 5.41) is 7.14. The van der Waals surface area contributed by atoms with Crippen LogP contribution in [-0.2, 0) is 0 Å². The molecule has 0 unspecified atom stereocenters. The second kappa shape index (κ2) is 11.3. The van der Waals surface area contributed by atoms with Crippen molar-refractivity contribution in [2.45, 2.75) is 13.8 Å². The molecule has 48 heavy (non-hydrogen) atoms. The average Bonchev–Trinajstić information content (AvgIpc) is 3.14. The second-order valence-electron chi connectivity index (χ2n) is 12.9. The average molecular weight is 613 g/mol. The fraction of sp³-hybridized carbons (Fsp3) is 0.0435. The topological polar surface area (TPSA) is 25.8 Å². The lowest BCUT2D eigenvalue weighted by atomic mass is 9.96. The van der Waals surface area contributed by atoms with Gasteiger partial charge < -0.3 is 0 Å². The van der Waals surface area contributed by atoms with Crippen molar-refractivity contribution in [2.24, 2.45) is 0 Å². The van der Waals surface area contributed by atoms with Crippen LogP contribution in [0.2, 0.25) is 0 Å². The Bertz CT molecular complexity index is 2520. The summed E-state index contributed by atoms with van der Waals surface area (Å²) < 4.78 is 0. The minimum absolute atomic E-state index is 0.980. The highest BCUT2D eigenvalue weighted by atomic mass is 14.7. The fourth-order valence-electron chi connectivity index (χ4n) is 6.96. The number of aromatic nitrogens is 2. The van der Waals surface area contributed by atoms with Crippen LogP contribution in [0.15, 0.2) is 158 Å². The van der Waals surface area contributed by atoms with Gasteiger partial charge in [0.15, 0.2) is 0 Å². The first-order chi connectivity index (χ1) is 23.6. The summed E-state index contributed by atoms with van der Waals surface area (Å²) in [7, 11) is 0. The summed E-state index contributed by atoms with van der Waals surface area (Å²) >= 11 is 0. The molecule has 0 saturated carbocycles. The predicted octanol–water partition coefficient (Wildman–Crippen LogP) is 12.4. The van der Waals surface area contributed by atoms with Crippen LogP contribution in [-0.4, -0.2) is 9.97 Å². The van der Waals surface area contributed by atoms with E-state index in [0.29, 0.717) is 0 Å². The fourth-order valence-corrected chi connectivity index (χ4v) is 6.96. The standard InChI is InChI=1S/C46H32N2/c1-29-12-14-31-16-18-33-20-22-43(47-45(33)41(31)24-29)39-10-4-8-37(27-39)35-6-3-7-36(26-35)38-9-5-11-40(28-38)44-23-21-34-19-17-32-15-13-30(2)25-42(32)46(34)48-44/h3-28H,1-2H3. The van der Waals surface area contributed by atoms with Crippen molar-refractivity contribution in [3.63, 3.8) is 0 Å². The summed E-state index contributed by atoms with van der Waals surface area (Å²) in [5.74, 6) is 0. The minimum atomic E-state index is 0.980. The van der Waals surface area contributed by atoms with Gasteiger partial charge in [0.2, 0.25) is 0 Å². The number of nitrogens with zero attached hydrogens (tertiary/aromatic N) is 2. The van der Waals surface area contributed by atoms with Gasteiger partial charge in [0.25, 0.3) is 0 Å². The van der Waals surface area contributed by atoms with E-state index in [4.69, 9.17) is 9.97 Å². The lowest BCUT2D eigenvalue weighted by Gasteiger charge is -2.11. The van der Waals surface area contributed by atoms with Crippen LogP contribution in [0.1, 0.15) is 11.1 Å². The number of rotatable bonds is 4. The number of hydrogen-bond donors (Lipinski definition) is 0. The summed E-state index contributed by atoms with van der Waals surface area (Å²) in [5.41, 5.74) is 13.4. The third kappa shape index (κ3) is 4.99. The van der Waals surface area contributed by atoms with Crippen molar-refractivity contribution in [1.82, 2.24) is 9.97 Å². The Kier molecular flexibility index (Phi) is 6.62. The molecule has 0 aliphatic carbocycles. The van der Waals surface area contributed by atoms with Gasteiger partial charge in [-0.1, -0.05) is 126 Å². The number of hydrogen-bond acceptors (Lipinski definition) is 2. The first kappa shape index (κ1) is 28.1. The molecule has 9 aromatic rings. The Morgan fingerprint density at radius 3 is 1.08 bits per heavy atom. The molecule has 0 fully saturated rings. The van der Waals surface area contributed by atoms with Crippen LogP contribution in [0.3, 0.4) is 0 Å². The van der Waals surface area contributed by atoms with Gasteiger partial charge in [-0.15, -0.1) is 0 Å². The van der Waals surface area contributed by atoms with E-state index in [2.05, 4.69) is 172 Å². The van der Waals surface area contributed by atoms with Crippen molar-refractivity contribution >= 4 is 43.4 Å².